The van der Waals surface area contributed by atoms with Gasteiger partial charge in [-0.1, -0.05) is 36.9 Å². The van der Waals surface area contributed by atoms with Crippen LogP contribution in [0.5, 0.6) is 0 Å². The molecule has 2 rings (SSSR count). The van der Waals surface area contributed by atoms with Crippen molar-refractivity contribution in [1.29, 1.82) is 0 Å². The van der Waals surface area contributed by atoms with Gasteiger partial charge in [-0.2, -0.15) is 0 Å². The number of benzene rings is 1. The van der Waals surface area contributed by atoms with Crippen molar-refractivity contribution in [1.82, 2.24) is 10.6 Å². The second-order valence-corrected chi connectivity index (χ2v) is 3.61. The van der Waals surface area contributed by atoms with Gasteiger partial charge in [0.2, 0.25) is 0 Å². The fourth-order valence-corrected chi connectivity index (χ4v) is 1.41. The molecule has 0 unspecified atom stereocenters. The van der Waals surface area contributed by atoms with E-state index in [0.29, 0.717) is 0 Å². The maximum absolute atomic E-state index is 4.32. The van der Waals surface area contributed by atoms with Gasteiger partial charge in [0.05, 0.1) is 6.54 Å². The van der Waals surface area contributed by atoms with Crippen LogP contribution in [-0.2, 0) is 6.54 Å². The number of aliphatic imine (C=N–C) groups is 1. The zero-order valence-electron chi connectivity index (χ0n) is 9.07. The van der Waals surface area contributed by atoms with Crippen LogP contribution in [0, 0.1) is 0 Å². The average Bonchev–Trinajstić information content (AvgIpc) is 2.30. The lowest BCUT2D eigenvalue weighted by Crippen LogP contribution is -2.41. The molecule has 1 aliphatic rings. The second kappa shape index (κ2) is 6.52. The van der Waals surface area contributed by atoms with Crippen LogP contribution in [0.2, 0.25) is 0 Å². The average molecular weight is 329 g/mol. The van der Waals surface area contributed by atoms with Crippen molar-refractivity contribution in [2.24, 2.45) is 4.99 Å². The standard InChI is InChI=1S/C12H15N3.HI/c1-10-7-13-12(14-8-10)15-9-11-5-3-2-4-6-11;/h2-6H,1,7-9H2,(H2,13,14,15);1H. The summed E-state index contributed by atoms with van der Waals surface area (Å²) in [5.41, 5.74) is 2.38. The monoisotopic (exact) mass is 329 g/mol. The molecule has 2 N–H and O–H groups in total. The molecule has 0 radical (unpaired) electrons. The molecule has 0 saturated carbocycles. The lowest BCUT2D eigenvalue weighted by molar-refractivity contribution is 0.794. The van der Waals surface area contributed by atoms with Crippen LogP contribution in [0.1, 0.15) is 5.56 Å². The number of hydrogen-bond donors (Lipinski definition) is 2. The molecule has 0 aliphatic carbocycles. The molecule has 3 nitrogen and oxygen atoms in total. The molecule has 1 aromatic carbocycles. The maximum Gasteiger partial charge on any atom is 0.192 e. The van der Waals surface area contributed by atoms with E-state index in [2.05, 4.69) is 34.3 Å². The van der Waals surface area contributed by atoms with Crippen molar-refractivity contribution in [2.75, 3.05) is 13.1 Å². The third kappa shape index (κ3) is 3.84. The van der Waals surface area contributed by atoms with Crippen molar-refractivity contribution in [3.05, 3.63) is 48.0 Å². The van der Waals surface area contributed by atoms with E-state index in [4.69, 9.17) is 0 Å². The van der Waals surface area contributed by atoms with Crippen molar-refractivity contribution in [3.8, 4) is 0 Å². The Hall–Kier alpha value is -1.04. The number of nitrogens with zero attached hydrogens (tertiary/aromatic N) is 1. The minimum Gasteiger partial charge on any atom is -0.353 e. The van der Waals surface area contributed by atoms with E-state index in [1.54, 1.807) is 0 Å². The maximum atomic E-state index is 4.32. The number of nitrogens with one attached hydrogen (secondary N) is 2. The van der Waals surface area contributed by atoms with Gasteiger partial charge in [-0.3, -0.25) is 0 Å². The SMILES string of the molecule is C=C1CN=C(NCc2ccccc2)NC1.I. The Morgan fingerprint density at radius 3 is 2.69 bits per heavy atom. The zero-order chi connectivity index (χ0) is 10.5. The third-order valence-electron chi connectivity index (χ3n) is 2.27. The molecule has 4 heteroatoms. The number of halogens is 1. The molecule has 0 atom stereocenters. The van der Waals surface area contributed by atoms with Gasteiger partial charge in [0.1, 0.15) is 0 Å². The topological polar surface area (TPSA) is 36.4 Å². The minimum absolute atomic E-state index is 0. The molecule has 0 bridgehead atoms. The summed E-state index contributed by atoms with van der Waals surface area (Å²) in [7, 11) is 0. The van der Waals surface area contributed by atoms with Gasteiger partial charge >= 0.3 is 0 Å². The van der Waals surface area contributed by atoms with Gasteiger partial charge in [-0.25, -0.2) is 4.99 Å². The van der Waals surface area contributed by atoms with Crippen LogP contribution in [0.4, 0.5) is 0 Å². The summed E-state index contributed by atoms with van der Waals surface area (Å²) in [5.74, 6) is 0.867. The van der Waals surface area contributed by atoms with E-state index >= 15 is 0 Å². The molecule has 0 aromatic heterocycles. The molecule has 1 aliphatic heterocycles. The Balaban J connectivity index is 0.00000128. The predicted octanol–water partition coefficient (Wildman–Crippen LogP) is 1.91. The highest BCUT2D eigenvalue weighted by molar-refractivity contribution is 14.0. The summed E-state index contributed by atoms with van der Waals surface area (Å²) in [6.07, 6.45) is 0. The number of hydrogen-bond acceptors (Lipinski definition) is 3. The zero-order valence-corrected chi connectivity index (χ0v) is 11.4. The van der Waals surface area contributed by atoms with E-state index in [9.17, 15) is 0 Å². The molecule has 0 amide bonds. The summed E-state index contributed by atoms with van der Waals surface area (Å²) in [5, 5.41) is 6.43. The van der Waals surface area contributed by atoms with Crippen LogP contribution in [0.25, 0.3) is 0 Å². The van der Waals surface area contributed by atoms with Gasteiger partial charge in [0, 0.05) is 13.1 Å². The molecular weight excluding hydrogens is 313 g/mol. The highest BCUT2D eigenvalue weighted by atomic mass is 127. The Morgan fingerprint density at radius 1 is 1.31 bits per heavy atom. The fourth-order valence-electron chi connectivity index (χ4n) is 1.41. The molecule has 1 aromatic rings. The van der Waals surface area contributed by atoms with Crippen molar-refractivity contribution >= 4 is 29.9 Å². The Bertz CT molecular complexity index is 373. The first kappa shape index (κ1) is 13.0. The van der Waals surface area contributed by atoms with Crippen LogP contribution in [0.3, 0.4) is 0 Å². The number of rotatable bonds is 2. The molecule has 86 valence electrons. The Labute approximate surface area is 113 Å². The van der Waals surface area contributed by atoms with Crippen molar-refractivity contribution < 1.29 is 0 Å². The molecular formula is C12H16IN3. The van der Waals surface area contributed by atoms with E-state index in [1.165, 1.54) is 5.56 Å². The Morgan fingerprint density at radius 2 is 2.06 bits per heavy atom. The Kier molecular flexibility index (Phi) is 5.31. The lowest BCUT2D eigenvalue weighted by atomic mass is 10.2. The highest BCUT2D eigenvalue weighted by Gasteiger charge is 2.05. The van der Waals surface area contributed by atoms with E-state index in [-0.39, 0.29) is 24.0 Å². The lowest BCUT2D eigenvalue weighted by Gasteiger charge is -2.17. The van der Waals surface area contributed by atoms with Gasteiger partial charge in [-0.15, -0.1) is 24.0 Å². The quantitative estimate of drug-likeness (QED) is 0.642. The molecule has 0 spiro atoms. The van der Waals surface area contributed by atoms with Crippen LogP contribution in [0.15, 0.2) is 47.5 Å². The van der Waals surface area contributed by atoms with Crippen LogP contribution in [-0.4, -0.2) is 19.0 Å². The summed E-state index contributed by atoms with van der Waals surface area (Å²) in [6, 6.07) is 10.3. The first-order valence-electron chi connectivity index (χ1n) is 5.07. The van der Waals surface area contributed by atoms with Gasteiger partial charge < -0.3 is 10.6 Å². The van der Waals surface area contributed by atoms with Crippen molar-refractivity contribution in [2.45, 2.75) is 6.54 Å². The first-order chi connectivity index (χ1) is 7.34. The van der Waals surface area contributed by atoms with E-state index < -0.39 is 0 Å². The molecule has 16 heavy (non-hydrogen) atoms. The minimum atomic E-state index is 0. The summed E-state index contributed by atoms with van der Waals surface area (Å²) in [6.45, 7) is 6.22. The summed E-state index contributed by atoms with van der Waals surface area (Å²) < 4.78 is 0. The van der Waals surface area contributed by atoms with Crippen molar-refractivity contribution in [3.63, 3.8) is 0 Å². The van der Waals surface area contributed by atoms with Crippen LogP contribution < -0.4 is 10.6 Å². The third-order valence-corrected chi connectivity index (χ3v) is 2.27. The largest absolute Gasteiger partial charge is 0.353 e. The van der Waals surface area contributed by atoms with Crippen LogP contribution >= 0.6 is 24.0 Å². The fraction of sp³-hybridized carbons (Fsp3) is 0.250. The van der Waals surface area contributed by atoms with Gasteiger partial charge in [-0.05, 0) is 11.1 Å². The number of guanidine groups is 1. The molecule has 1 heterocycles. The normalized spacial score (nSPS) is 14.5. The molecule has 0 fully saturated rings. The van der Waals surface area contributed by atoms with Gasteiger partial charge in [0.15, 0.2) is 5.96 Å². The van der Waals surface area contributed by atoms with E-state index in [1.807, 2.05) is 18.2 Å². The van der Waals surface area contributed by atoms with Gasteiger partial charge in [0.25, 0.3) is 0 Å². The predicted molar refractivity (Wildman–Crippen MR) is 78.1 cm³/mol. The van der Waals surface area contributed by atoms with E-state index in [0.717, 1.165) is 31.2 Å². The highest BCUT2D eigenvalue weighted by Crippen LogP contribution is 1.98. The first-order valence-corrected chi connectivity index (χ1v) is 5.07. The second-order valence-electron chi connectivity index (χ2n) is 3.61. The summed E-state index contributed by atoms with van der Waals surface area (Å²) in [4.78, 5) is 4.32. The smallest absolute Gasteiger partial charge is 0.192 e. The molecule has 0 saturated heterocycles. The summed E-state index contributed by atoms with van der Waals surface area (Å²) >= 11 is 0.